The number of carbonyl (C=O) groups is 1. The standard InChI is InChI=1S/C14H16O2/c1-9-4-6-11-10(8-9)5-7-12(11)14(2,3)13(15)16/h4,6-8H,5H2,1-3H3,(H,15,16). The second-order valence-corrected chi connectivity index (χ2v) is 4.91. The van der Waals surface area contributed by atoms with Crippen LogP contribution in [0.5, 0.6) is 0 Å². The average molecular weight is 216 g/mol. The highest BCUT2D eigenvalue weighted by molar-refractivity contribution is 5.93. The van der Waals surface area contributed by atoms with Crippen molar-refractivity contribution >= 4 is 11.5 Å². The highest BCUT2D eigenvalue weighted by atomic mass is 16.4. The Kier molecular flexibility index (Phi) is 2.38. The lowest BCUT2D eigenvalue weighted by Crippen LogP contribution is -2.24. The summed E-state index contributed by atoms with van der Waals surface area (Å²) in [6.45, 7) is 5.58. The fourth-order valence-corrected chi connectivity index (χ4v) is 2.18. The molecule has 0 bridgehead atoms. The molecule has 1 aromatic rings. The summed E-state index contributed by atoms with van der Waals surface area (Å²) >= 11 is 0. The summed E-state index contributed by atoms with van der Waals surface area (Å²) in [6.07, 6.45) is 2.89. The topological polar surface area (TPSA) is 37.3 Å². The van der Waals surface area contributed by atoms with Crippen LogP contribution in [0.15, 0.2) is 24.3 Å². The second kappa shape index (κ2) is 3.48. The molecule has 2 rings (SSSR count). The van der Waals surface area contributed by atoms with Crippen molar-refractivity contribution < 1.29 is 9.90 Å². The van der Waals surface area contributed by atoms with Crippen LogP contribution < -0.4 is 0 Å². The van der Waals surface area contributed by atoms with E-state index in [4.69, 9.17) is 0 Å². The van der Waals surface area contributed by atoms with Crippen LogP contribution >= 0.6 is 0 Å². The van der Waals surface area contributed by atoms with Gasteiger partial charge in [-0.05, 0) is 43.9 Å². The zero-order chi connectivity index (χ0) is 11.9. The van der Waals surface area contributed by atoms with Crippen LogP contribution in [0.2, 0.25) is 0 Å². The molecule has 0 saturated carbocycles. The molecular weight excluding hydrogens is 200 g/mol. The minimum Gasteiger partial charge on any atom is -0.481 e. The minimum absolute atomic E-state index is 0.771. The number of aliphatic carboxylic acids is 1. The summed E-state index contributed by atoms with van der Waals surface area (Å²) in [5.41, 5.74) is 3.69. The van der Waals surface area contributed by atoms with Crippen LogP contribution in [0.3, 0.4) is 0 Å². The quantitative estimate of drug-likeness (QED) is 0.825. The lowest BCUT2D eigenvalue weighted by Gasteiger charge is -2.22. The van der Waals surface area contributed by atoms with E-state index in [1.54, 1.807) is 13.8 Å². The van der Waals surface area contributed by atoms with Gasteiger partial charge in [-0.2, -0.15) is 0 Å². The van der Waals surface area contributed by atoms with Crippen molar-refractivity contribution in [2.45, 2.75) is 27.2 Å². The van der Waals surface area contributed by atoms with E-state index in [1.165, 1.54) is 11.1 Å². The predicted octanol–water partition coefficient (Wildman–Crippen LogP) is 3.05. The van der Waals surface area contributed by atoms with Gasteiger partial charge in [-0.15, -0.1) is 0 Å². The first-order chi connectivity index (χ1) is 7.43. The second-order valence-electron chi connectivity index (χ2n) is 4.91. The Morgan fingerprint density at radius 1 is 1.38 bits per heavy atom. The number of benzene rings is 1. The van der Waals surface area contributed by atoms with Crippen molar-refractivity contribution in [2.75, 3.05) is 0 Å². The van der Waals surface area contributed by atoms with E-state index in [-0.39, 0.29) is 0 Å². The third-order valence-corrected chi connectivity index (χ3v) is 3.29. The zero-order valence-corrected chi connectivity index (χ0v) is 9.87. The number of carboxylic acid groups (broad SMARTS) is 1. The van der Waals surface area contributed by atoms with Crippen LogP contribution in [-0.4, -0.2) is 11.1 Å². The molecule has 0 spiro atoms. The molecule has 0 unspecified atom stereocenters. The van der Waals surface area contributed by atoms with Crippen molar-refractivity contribution in [1.82, 2.24) is 0 Å². The van der Waals surface area contributed by atoms with Crippen LogP contribution in [-0.2, 0) is 11.2 Å². The van der Waals surface area contributed by atoms with Crippen molar-refractivity contribution in [1.29, 1.82) is 0 Å². The molecule has 0 radical (unpaired) electrons. The molecule has 1 aromatic carbocycles. The molecule has 0 aliphatic heterocycles. The lowest BCUT2D eigenvalue weighted by atomic mass is 9.81. The number of hydrogen-bond donors (Lipinski definition) is 1. The van der Waals surface area contributed by atoms with Gasteiger partial charge < -0.3 is 5.11 Å². The number of allylic oxidation sites excluding steroid dienone is 1. The Hall–Kier alpha value is -1.57. The summed E-state index contributed by atoms with van der Waals surface area (Å²) in [5.74, 6) is -0.771. The molecule has 0 fully saturated rings. The predicted molar refractivity (Wildman–Crippen MR) is 64.3 cm³/mol. The number of carboxylic acids is 1. The maximum absolute atomic E-state index is 11.2. The average Bonchev–Trinajstić information content (AvgIpc) is 2.60. The molecule has 0 aromatic heterocycles. The molecule has 0 saturated heterocycles. The smallest absolute Gasteiger partial charge is 0.313 e. The first-order valence-corrected chi connectivity index (χ1v) is 5.47. The van der Waals surface area contributed by atoms with E-state index in [9.17, 15) is 9.90 Å². The molecule has 2 nitrogen and oxygen atoms in total. The largest absolute Gasteiger partial charge is 0.481 e. The van der Waals surface area contributed by atoms with Crippen molar-refractivity contribution in [3.63, 3.8) is 0 Å². The monoisotopic (exact) mass is 216 g/mol. The van der Waals surface area contributed by atoms with Crippen molar-refractivity contribution in [3.05, 3.63) is 41.0 Å². The fraction of sp³-hybridized carbons (Fsp3) is 0.357. The summed E-state index contributed by atoms with van der Waals surface area (Å²) in [6, 6.07) is 6.21. The Morgan fingerprint density at radius 3 is 2.69 bits per heavy atom. The van der Waals surface area contributed by atoms with Crippen LogP contribution in [0.25, 0.3) is 5.57 Å². The number of fused-ring (bicyclic) bond motifs is 1. The molecule has 2 heteroatoms. The van der Waals surface area contributed by atoms with Gasteiger partial charge in [0.05, 0.1) is 5.41 Å². The Labute approximate surface area is 95.6 Å². The maximum atomic E-state index is 11.2. The van der Waals surface area contributed by atoms with Gasteiger partial charge in [-0.1, -0.05) is 29.8 Å². The van der Waals surface area contributed by atoms with Gasteiger partial charge in [0.2, 0.25) is 0 Å². The first-order valence-electron chi connectivity index (χ1n) is 5.47. The van der Waals surface area contributed by atoms with E-state index >= 15 is 0 Å². The summed E-state index contributed by atoms with van der Waals surface area (Å²) < 4.78 is 0. The third-order valence-electron chi connectivity index (χ3n) is 3.29. The van der Waals surface area contributed by atoms with Crippen molar-refractivity contribution in [2.24, 2.45) is 5.41 Å². The van der Waals surface area contributed by atoms with E-state index in [1.807, 2.05) is 18.2 Å². The zero-order valence-electron chi connectivity index (χ0n) is 9.87. The normalized spacial score (nSPS) is 14.6. The van der Waals surface area contributed by atoms with Gasteiger partial charge in [0.15, 0.2) is 0 Å². The van der Waals surface area contributed by atoms with Gasteiger partial charge in [-0.3, -0.25) is 4.79 Å². The molecule has 84 valence electrons. The SMILES string of the molecule is Cc1ccc2c(c1)CC=C2C(C)(C)C(=O)O. The Bertz CT molecular complexity index is 482. The summed E-state index contributed by atoms with van der Waals surface area (Å²) in [4.78, 5) is 11.2. The molecule has 16 heavy (non-hydrogen) atoms. The molecule has 1 N–H and O–H groups in total. The number of rotatable bonds is 2. The van der Waals surface area contributed by atoms with Gasteiger partial charge in [0, 0.05) is 0 Å². The van der Waals surface area contributed by atoms with E-state index in [0.717, 1.165) is 17.6 Å². The lowest BCUT2D eigenvalue weighted by molar-refractivity contribution is -0.143. The first kappa shape index (κ1) is 10.9. The summed E-state index contributed by atoms with van der Waals surface area (Å²) in [5, 5.41) is 9.24. The molecule has 0 amide bonds. The maximum Gasteiger partial charge on any atom is 0.313 e. The van der Waals surface area contributed by atoms with Crippen molar-refractivity contribution in [3.8, 4) is 0 Å². The van der Waals surface area contributed by atoms with Gasteiger partial charge in [0.25, 0.3) is 0 Å². The molecule has 1 aliphatic rings. The number of aryl methyl sites for hydroxylation is 1. The molecule has 0 heterocycles. The third kappa shape index (κ3) is 1.54. The molecule has 1 aliphatic carbocycles. The Balaban J connectivity index is 2.47. The van der Waals surface area contributed by atoms with E-state index < -0.39 is 11.4 Å². The molecular formula is C14H16O2. The van der Waals surface area contributed by atoms with Gasteiger partial charge >= 0.3 is 5.97 Å². The highest BCUT2D eigenvalue weighted by Crippen LogP contribution is 2.40. The minimum atomic E-state index is -0.805. The van der Waals surface area contributed by atoms with Crippen LogP contribution in [0.1, 0.15) is 30.5 Å². The molecule has 0 atom stereocenters. The Morgan fingerprint density at radius 2 is 2.06 bits per heavy atom. The van der Waals surface area contributed by atoms with Gasteiger partial charge in [-0.25, -0.2) is 0 Å². The van der Waals surface area contributed by atoms with Crippen LogP contribution in [0, 0.1) is 12.3 Å². The van der Waals surface area contributed by atoms with Gasteiger partial charge in [0.1, 0.15) is 0 Å². The fourth-order valence-electron chi connectivity index (χ4n) is 2.18. The van der Waals surface area contributed by atoms with Crippen LogP contribution in [0.4, 0.5) is 0 Å². The van der Waals surface area contributed by atoms with E-state index in [2.05, 4.69) is 13.0 Å². The van der Waals surface area contributed by atoms with E-state index in [0.29, 0.717) is 0 Å². The number of hydrogen-bond acceptors (Lipinski definition) is 1. The highest BCUT2D eigenvalue weighted by Gasteiger charge is 2.35. The summed E-state index contributed by atoms with van der Waals surface area (Å²) in [7, 11) is 0.